The molecular formula is C33H29N5O7. The summed E-state index contributed by atoms with van der Waals surface area (Å²) in [6.07, 6.45) is 0.833. The molecule has 0 saturated carbocycles. The normalized spacial score (nSPS) is 12.4. The van der Waals surface area contributed by atoms with Crippen LogP contribution in [0.5, 0.6) is 23.0 Å². The number of esters is 1. The lowest BCUT2D eigenvalue weighted by Crippen LogP contribution is -2.32. The van der Waals surface area contributed by atoms with Crippen molar-refractivity contribution in [1.82, 2.24) is 15.4 Å². The summed E-state index contributed by atoms with van der Waals surface area (Å²) in [5.41, 5.74) is 3.91. The van der Waals surface area contributed by atoms with E-state index in [2.05, 4.69) is 27.1 Å². The predicted octanol–water partition coefficient (Wildman–Crippen LogP) is 4.12. The van der Waals surface area contributed by atoms with Gasteiger partial charge in [-0.2, -0.15) is 0 Å². The van der Waals surface area contributed by atoms with Crippen LogP contribution in [0.25, 0.3) is 11.0 Å². The maximum atomic E-state index is 12.5. The Labute approximate surface area is 256 Å². The summed E-state index contributed by atoms with van der Waals surface area (Å²) in [6, 6.07) is 33.4. The first kappa shape index (κ1) is 31.8. The Hall–Kier alpha value is -6.08. The zero-order chi connectivity index (χ0) is 31.1. The van der Waals surface area contributed by atoms with Crippen LogP contribution in [0.15, 0.2) is 115 Å². The summed E-state index contributed by atoms with van der Waals surface area (Å²) >= 11 is 0. The van der Waals surface area contributed by atoms with E-state index in [1.807, 2.05) is 54.6 Å². The molecule has 0 amide bonds. The predicted molar refractivity (Wildman–Crippen MR) is 166 cm³/mol. The smallest absolute Gasteiger partial charge is 0.340 e. The number of phenolic OH excluding ortho intramolecular Hbond substituents is 2. The van der Waals surface area contributed by atoms with Gasteiger partial charge < -0.3 is 25.2 Å². The highest BCUT2D eigenvalue weighted by Crippen LogP contribution is 2.56. The zero-order valence-electron chi connectivity index (χ0n) is 23.6. The molecule has 5 aromatic carbocycles. The number of aromatic amines is 1. The molecule has 0 saturated heterocycles. The van der Waals surface area contributed by atoms with Crippen molar-refractivity contribution in [3.8, 4) is 23.0 Å². The van der Waals surface area contributed by atoms with Crippen molar-refractivity contribution in [2.45, 2.75) is 5.60 Å². The van der Waals surface area contributed by atoms with Gasteiger partial charge in [0.2, 0.25) is 0 Å². The topological polar surface area (TPSA) is 218 Å². The van der Waals surface area contributed by atoms with Crippen LogP contribution < -0.4 is 16.4 Å². The number of nitrogens with two attached hydrogens (primary N) is 2. The second-order valence-electron chi connectivity index (χ2n) is 9.44. The van der Waals surface area contributed by atoms with Crippen LogP contribution in [-0.2, 0) is 10.3 Å². The number of ether oxygens (including phenoxy) is 2. The van der Waals surface area contributed by atoms with Gasteiger partial charge in [0.05, 0.1) is 11.1 Å². The fourth-order valence-electron chi connectivity index (χ4n) is 4.97. The minimum absolute atomic E-state index is 0. The summed E-state index contributed by atoms with van der Waals surface area (Å²) in [7, 11) is 0. The molecule has 1 spiro atoms. The van der Waals surface area contributed by atoms with E-state index in [4.69, 9.17) is 9.47 Å². The molecule has 0 unspecified atom stereocenters. The Bertz CT molecular complexity index is 1850. The van der Waals surface area contributed by atoms with Gasteiger partial charge in [0.25, 0.3) is 0 Å². The lowest BCUT2D eigenvalue weighted by atomic mass is 9.77. The first-order chi connectivity index (χ1) is 21.5. The Kier molecular flexibility index (Phi) is 9.86. The molecule has 12 nitrogen and oxygen atoms in total. The quantitative estimate of drug-likeness (QED) is 0.0779. The standard InChI is InChI=1S/C20H12O5.C7H6O.C6H5N3.H4N2.H2O/c21-11-5-7-15-17(9-11)24-18-10-12(22)6-8-16(18)20(15)14-4-2-1-3-13(14)19(23)25-20;8-6-7-4-2-1-3-5-7;1-2-4-6-5(3-1)7-9-8-6;1-2;/h1-10,21-22H;1-6H;1-4H,(H,7,8,9);1-2H2;1H2. The third-order valence-electron chi connectivity index (χ3n) is 6.85. The largest absolute Gasteiger partial charge is 0.508 e. The number of hydrazine groups is 1. The number of phenols is 2. The molecule has 228 valence electrons. The Balaban J connectivity index is 0.000000189. The number of rotatable bonds is 1. The Morgan fingerprint density at radius 1 is 0.733 bits per heavy atom. The highest BCUT2D eigenvalue weighted by molar-refractivity contribution is 5.97. The van der Waals surface area contributed by atoms with Gasteiger partial charge in [-0.1, -0.05) is 65.9 Å². The van der Waals surface area contributed by atoms with E-state index < -0.39 is 11.6 Å². The zero-order valence-corrected chi connectivity index (χ0v) is 23.6. The minimum atomic E-state index is -1.17. The number of nitrogens with zero attached hydrogens (tertiary/aromatic N) is 2. The van der Waals surface area contributed by atoms with E-state index in [0.717, 1.165) is 22.9 Å². The monoisotopic (exact) mass is 607 g/mol. The van der Waals surface area contributed by atoms with E-state index in [-0.39, 0.29) is 17.0 Å². The fourth-order valence-corrected chi connectivity index (χ4v) is 4.97. The third kappa shape index (κ3) is 6.19. The molecule has 0 fully saturated rings. The highest BCUT2D eigenvalue weighted by Gasteiger charge is 2.53. The van der Waals surface area contributed by atoms with Crippen LogP contribution >= 0.6 is 0 Å². The van der Waals surface area contributed by atoms with Crippen LogP contribution in [0.2, 0.25) is 0 Å². The third-order valence-corrected chi connectivity index (χ3v) is 6.85. The van der Waals surface area contributed by atoms with Crippen molar-refractivity contribution in [3.05, 3.63) is 143 Å². The molecular weight excluding hydrogens is 578 g/mol. The van der Waals surface area contributed by atoms with Crippen molar-refractivity contribution >= 4 is 23.3 Å². The average molecular weight is 608 g/mol. The summed E-state index contributed by atoms with van der Waals surface area (Å²) in [4.78, 5) is 22.5. The molecule has 0 aliphatic carbocycles. The number of carbonyl (C=O) groups excluding carboxylic acids is 2. The first-order valence-corrected chi connectivity index (χ1v) is 13.3. The molecule has 3 heterocycles. The summed E-state index contributed by atoms with van der Waals surface area (Å²) < 4.78 is 11.8. The molecule has 0 bridgehead atoms. The van der Waals surface area contributed by atoms with Gasteiger partial charge in [-0.05, 0) is 42.5 Å². The van der Waals surface area contributed by atoms with Gasteiger partial charge in [-0.3, -0.25) is 21.6 Å². The number of aldehydes is 1. The number of benzene rings is 5. The van der Waals surface area contributed by atoms with Crippen molar-refractivity contribution in [2.24, 2.45) is 11.7 Å². The number of carbonyl (C=O) groups is 2. The van der Waals surface area contributed by atoms with Crippen LogP contribution in [-0.4, -0.2) is 43.4 Å². The summed E-state index contributed by atoms with van der Waals surface area (Å²) in [5, 5.41) is 29.9. The second-order valence-corrected chi connectivity index (χ2v) is 9.44. The lowest BCUT2D eigenvalue weighted by Gasteiger charge is -2.36. The van der Waals surface area contributed by atoms with Crippen LogP contribution in [0.4, 0.5) is 0 Å². The molecule has 45 heavy (non-hydrogen) atoms. The number of hydrogen-bond acceptors (Lipinski definition) is 10. The molecule has 2 aliphatic heterocycles. The van der Waals surface area contributed by atoms with Crippen molar-refractivity contribution in [1.29, 1.82) is 0 Å². The SMILES string of the molecule is NN.O.O=C1OC2(c3ccc(O)cc3Oc3cc(O)ccc32)c2ccccc21.O=Cc1ccccc1.c1ccc2[nH]nnc2c1. The van der Waals surface area contributed by atoms with E-state index in [1.165, 1.54) is 24.3 Å². The molecule has 2 aliphatic rings. The van der Waals surface area contributed by atoms with Gasteiger partial charge >= 0.3 is 5.97 Å². The number of nitrogens with one attached hydrogen (secondary N) is 1. The molecule has 1 aromatic heterocycles. The number of H-pyrrole nitrogens is 1. The van der Waals surface area contributed by atoms with Crippen molar-refractivity contribution < 1.29 is 34.8 Å². The number of hydrogen-bond donors (Lipinski definition) is 5. The van der Waals surface area contributed by atoms with Crippen LogP contribution in [0.1, 0.15) is 37.4 Å². The maximum absolute atomic E-state index is 12.5. The first-order valence-electron chi connectivity index (χ1n) is 13.3. The molecule has 12 heteroatoms. The molecule has 8 rings (SSSR count). The Morgan fingerprint density at radius 2 is 1.31 bits per heavy atom. The molecule has 9 N–H and O–H groups in total. The van der Waals surface area contributed by atoms with Gasteiger partial charge in [-0.25, -0.2) is 4.79 Å². The van der Waals surface area contributed by atoms with Gasteiger partial charge in [0.15, 0.2) is 5.60 Å². The lowest BCUT2D eigenvalue weighted by molar-refractivity contribution is 0.0224. The van der Waals surface area contributed by atoms with Gasteiger partial charge in [-0.15, -0.1) is 5.10 Å². The number of aromatic hydroxyl groups is 2. The highest BCUT2D eigenvalue weighted by atomic mass is 16.6. The second kappa shape index (κ2) is 13.9. The van der Waals surface area contributed by atoms with Crippen LogP contribution in [0, 0.1) is 0 Å². The van der Waals surface area contributed by atoms with E-state index in [0.29, 0.717) is 33.8 Å². The van der Waals surface area contributed by atoms with Crippen molar-refractivity contribution in [3.63, 3.8) is 0 Å². The van der Waals surface area contributed by atoms with Crippen molar-refractivity contribution in [2.75, 3.05) is 0 Å². The maximum Gasteiger partial charge on any atom is 0.340 e. The number of fused-ring (bicyclic) bond motifs is 7. The summed E-state index contributed by atoms with van der Waals surface area (Å²) in [5.74, 6) is 8.41. The van der Waals surface area contributed by atoms with E-state index in [1.54, 1.807) is 36.4 Å². The van der Waals surface area contributed by atoms with Gasteiger partial charge in [0, 0.05) is 34.4 Å². The molecule has 0 radical (unpaired) electrons. The molecule has 6 aromatic rings. The van der Waals surface area contributed by atoms with E-state index in [9.17, 15) is 19.8 Å². The minimum Gasteiger partial charge on any atom is -0.508 e. The van der Waals surface area contributed by atoms with Crippen LogP contribution in [0.3, 0.4) is 0 Å². The number of aromatic nitrogens is 3. The fraction of sp³-hybridized carbons (Fsp3) is 0.0303. The average Bonchev–Trinajstić information content (AvgIpc) is 3.66. The van der Waals surface area contributed by atoms with E-state index >= 15 is 0 Å². The summed E-state index contributed by atoms with van der Waals surface area (Å²) in [6.45, 7) is 0. The number of para-hydroxylation sites is 1. The Morgan fingerprint density at radius 3 is 1.91 bits per heavy atom. The van der Waals surface area contributed by atoms with Gasteiger partial charge in [0.1, 0.15) is 34.8 Å². The molecule has 0 atom stereocenters.